The van der Waals surface area contributed by atoms with Crippen LogP contribution < -0.4 is 11.1 Å². The van der Waals surface area contributed by atoms with Gasteiger partial charge in [-0.2, -0.15) is 0 Å². The summed E-state index contributed by atoms with van der Waals surface area (Å²) in [5.74, 6) is 0.936. The Hall–Kier alpha value is -1.78. The Labute approximate surface area is 105 Å². The zero-order chi connectivity index (χ0) is 12.7. The van der Waals surface area contributed by atoms with Gasteiger partial charge in [-0.05, 0) is 49.7 Å². The molecular formula is C13H17N3O2. The summed E-state index contributed by atoms with van der Waals surface area (Å²) in [6.45, 7) is 0. The van der Waals surface area contributed by atoms with Crippen molar-refractivity contribution in [3.63, 3.8) is 0 Å². The number of anilines is 2. The summed E-state index contributed by atoms with van der Waals surface area (Å²) in [5.41, 5.74) is 6.42. The number of carboxylic acids is 1. The van der Waals surface area contributed by atoms with Crippen LogP contribution >= 0.6 is 0 Å². The van der Waals surface area contributed by atoms with E-state index in [1.165, 1.54) is 31.7 Å². The Bertz CT molecular complexity index is 469. The lowest BCUT2D eigenvalue weighted by molar-refractivity contribution is 0.0690. The number of aromatic carboxylic acids is 1. The molecule has 0 atom stereocenters. The summed E-state index contributed by atoms with van der Waals surface area (Å²) in [6.07, 6.45) is 5.03. The van der Waals surface area contributed by atoms with Gasteiger partial charge in [-0.25, -0.2) is 9.78 Å². The summed E-state index contributed by atoms with van der Waals surface area (Å²) < 4.78 is 0. The highest BCUT2D eigenvalue weighted by molar-refractivity contribution is 5.86. The number of pyridine rings is 1. The molecule has 1 aromatic heterocycles. The molecule has 0 saturated heterocycles. The van der Waals surface area contributed by atoms with E-state index in [1.54, 1.807) is 6.07 Å². The number of aromatic nitrogens is 1. The Morgan fingerprint density at radius 1 is 1.33 bits per heavy atom. The lowest BCUT2D eigenvalue weighted by atomic mass is 10.1. The fraction of sp³-hybridized carbons (Fsp3) is 0.538. The monoisotopic (exact) mass is 247 g/mol. The van der Waals surface area contributed by atoms with Crippen LogP contribution in [-0.2, 0) is 0 Å². The van der Waals surface area contributed by atoms with Gasteiger partial charge in [0.15, 0.2) is 5.69 Å². The first-order valence-electron chi connectivity index (χ1n) is 6.41. The molecule has 3 rings (SSSR count). The minimum atomic E-state index is -1.02. The second kappa shape index (κ2) is 4.15. The maximum atomic E-state index is 10.9. The van der Waals surface area contributed by atoms with Gasteiger partial charge >= 0.3 is 5.97 Å². The summed E-state index contributed by atoms with van der Waals surface area (Å²) in [7, 11) is 0. The van der Waals surface area contributed by atoms with Gasteiger partial charge in [0.25, 0.3) is 0 Å². The minimum Gasteiger partial charge on any atom is -0.477 e. The maximum Gasteiger partial charge on any atom is 0.354 e. The third-order valence-electron chi connectivity index (χ3n) is 3.71. The lowest BCUT2D eigenvalue weighted by Gasteiger charge is -2.19. The SMILES string of the molecule is Nc1ccc(C(=O)O)nc1NC(C1CC1)C1CC1. The lowest BCUT2D eigenvalue weighted by Crippen LogP contribution is -2.25. The van der Waals surface area contributed by atoms with Gasteiger partial charge in [0.1, 0.15) is 5.82 Å². The van der Waals surface area contributed by atoms with Gasteiger partial charge in [-0.15, -0.1) is 0 Å². The first kappa shape index (κ1) is 11.3. The molecule has 2 saturated carbocycles. The molecule has 18 heavy (non-hydrogen) atoms. The van der Waals surface area contributed by atoms with Crippen LogP contribution in [0.5, 0.6) is 0 Å². The Morgan fingerprint density at radius 3 is 2.44 bits per heavy atom. The Kier molecular flexibility index (Phi) is 2.61. The van der Waals surface area contributed by atoms with E-state index in [0.717, 1.165) is 0 Å². The number of nitrogens with one attached hydrogen (secondary N) is 1. The molecule has 0 bridgehead atoms. The van der Waals surface area contributed by atoms with Crippen LogP contribution in [0.2, 0.25) is 0 Å². The van der Waals surface area contributed by atoms with E-state index in [9.17, 15) is 4.79 Å². The summed E-state index contributed by atoms with van der Waals surface area (Å²) in [5, 5.41) is 12.3. The summed E-state index contributed by atoms with van der Waals surface area (Å²) in [6, 6.07) is 3.46. The maximum absolute atomic E-state index is 10.9. The van der Waals surface area contributed by atoms with E-state index in [2.05, 4.69) is 10.3 Å². The first-order valence-corrected chi connectivity index (χ1v) is 6.41. The molecular weight excluding hydrogens is 230 g/mol. The molecule has 96 valence electrons. The smallest absolute Gasteiger partial charge is 0.354 e. The van der Waals surface area contributed by atoms with Gasteiger partial charge < -0.3 is 16.2 Å². The standard InChI is InChI=1S/C13H17N3O2/c14-9-5-6-10(13(17)18)15-12(9)16-11(7-1-2-7)8-3-4-8/h5-8,11H,1-4,14H2,(H,15,16)(H,17,18). The average molecular weight is 247 g/mol. The van der Waals surface area contributed by atoms with Crippen molar-refractivity contribution in [2.75, 3.05) is 11.1 Å². The topological polar surface area (TPSA) is 88.2 Å². The minimum absolute atomic E-state index is 0.0389. The van der Waals surface area contributed by atoms with Crippen LogP contribution in [0.1, 0.15) is 36.2 Å². The molecule has 0 aromatic carbocycles. The van der Waals surface area contributed by atoms with Crippen LogP contribution in [-0.4, -0.2) is 22.1 Å². The number of nitrogens with two attached hydrogens (primary N) is 1. The van der Waals surface area contributed by atoms with E-state index in [0.29, 0.717) is 29.4 Å². The molecule has 0 radical (unpaired) electrons. The highest BCUT2D eigenvalue weighted by atomic mass is 16.4. The van der Waals surface area contributed by atoms with Crippen molar-refractivity contribution in [3.8, 4) is 0 Å². The number of carboxylic acid groups (broad SMARTS) is 1. The van der Waals surface area contributed by atoms with Gasteiger partial charge in [0.2, 0.25) is 0 Å². The van der Waals surface area contributed by atoms with E-state index in [4.69, 9.17) is 10.8 Å². The Morgan fingerprint density at radius 2 is 1.94 bits per heavy atom. The normalized spacial score (nSPS) is 18.9. The zero-order valence-electron chi connectivity index (χ0n) is 10.1. The third-order valence-corrected chi connectivity index (χ3v) is 3.71. The molecule has 5 nitrogen and oxygen atoms in total. The molecule has 4 N–H and O–H groups in total. The second-order valence-corrected chi connectivity index (χ2v) is 5.28. The van der Waals surface area contributed by atoms with Crippen molar-refractivity contribution in [2.24, 2.45) is 11.8 Å². The van der Waals surface area contributed by atoms with Crippen molar-refractivity contribution in [1.82, 2.24) is 4.98 Å². The molecule has 2 aliphatic carbocycles. The molecule has 1 heterocycles. The van der Waals surface area contributed by atoms with Crippen LogP contribution in [0.25, 0.3) is 0 Å². The molecule has 0 spiro atoms. The number of hydrogen-bond acceptors (Lipinski definition) is 4. The Balaban J connectivity index is 1.81. The first-order chi connectivity index (χ1) is 8.65. The molecule has 2 fully saturated rings. The molecule has 1 aromatic rings. The molecule has 0 amide bonds. The number of nitrogens with zero attached hydrogens (tertiary/aromatic N) is 1. The fourth-order valence-electron chi connectivity index (χ4n) is 2.39. The van der Waals surface area contributed by atoms with Crippen LogP contribution in [0.3, 0.4) is 0 Å². The number of hydrogen-bond donors (Lipinski definition) is 3. The van der Waals surface area contributed by atoms with Crippen molar-refractivity contribution < 1.29 is 9.90 Å². The molecule has 2 aliphatic rings. The largest absolute Gasteiger partial charge is 0.477 e. The number of carbonyl (C=O) groups is 1. The van der Waals surface area contributed by atoms with Crippen LogP contribution in [0.4, 0.5) is 11.5 Å². The summed E-state index contributed by atoms with van der Waals surface area (Å²) >= 11 is 0. The highest BCUT2D eigenvalue weighted by Gasteiger charge is 2.41. The predicted molar refractivity (Wildman–Crippen MR) is 68.5 cm³/mol. The van der Waals surface area contributed by atoms with E-state index >= 15 is 0 Å². The highest BCUT2D eigenvalue weighted by Crippen LogP contribution is 2.46. The van der Waals surface area contributed by atoms with Crippen molar-refractivity contribution in [2.45, 2.75) is 31.7 Å². The van der Waals surface area contributed by atoms with Crippen LogP contribution in [0, 0.1) is 11.8 Å². The molecule has 0 unspecified atom stereocenters. The van der Waals surface area contributed by atoms with E-state index in [-0.39, 0.29) is 5.69 Å². The van der Waals surface area contributed by atoms with Gasteiger partial charge in [0.05, 0.1) is 5.69 Å². The zero-order valence-corrected chi connectivity index (χ0v) is 10.1. The van der Waals surface area contributed by atoms with Crippen molar-refractivity contribution in [1.29, 1.82) is 0 Å². The second-order valence-electron chi connectivity index (χ2n) is 5.28. The van der Waals surface area contributed by atoms with Gasteiger partial charge in [0, 0.05) is 6.04 Å². The van der Waals surface area contributed by atoms with E-state index < -0.39 is 5.97 Å². The fourth-order valence-corrected chi connectivity index (χ4v) is 2.39. The average Bonchev–Trinajstić information content (AvgIpc) is 3.20. The van der Waals surface area contributed by atoms with Gasteiger partial charge in [-0.1, -0.05) is 0 Å². The van der Waals surface area contributed by atoms with Crippen molar-refractivity contribution >= 4 is 17.5 Å². The quantitative estimate of drug-likeness (QED) is 0.740. The van der Waals surface area contributed by atoms with E-state index in [1.807, 2.05) is 0 Å². The summed E-state index contributed by atoms with van der Waals surface area (Å²) in [4.78, 5) is 15.0. The molecule has 0 aliphatic heterocycles. The van der Waals surface area contributed by atoms with Crippen LogP contribution in [0.15, 0.2) is 12.1 Å². The van der Waals surface area contributed by atoms with Crippen molar-refractivity contribution in [3.05, 3.63) is 17.8 Å². The number of nitrogen functional groups attached to an aromatic ring is 1. The van der Waals surface area contributed by atoms with Gasteiger partial charge in [-0.3, -0.25) is 0 Å². The molecule has 5 heteroatoms. The third kappa shape index (κ3) is 2.25. The predicted octanol–water partition coefficient (Wildman–Crippen LogP) is 1.96. The number of rotatable bonds is 5.